The lowest BCUT2D eigenvalue weighted by Crippen LogP contribution is -2.38. The summed E-state index contributed by atoms with van der Waals surface area (Å²) in [6.07, 6.45) is 4.66. The largest absolute Gasteiger partial charge is 0.368 e. The molecule has 1 aliphatic carbocycles. The fourth-order valence-electron chi connectivity index (χ4n) is 2.29. The molecule has 1 rings (SSSR count). The Kier molecular flexibility index (Phi) is 7.34. The van der Waals surface area contributed by atoms with Gasteiger partial charge in [-0.2, -0.15) is 0 Å². The molecule has 0 radical (unpaired) electrons. The molecule has 1 N–H and O–H groups in total. The Labute approximate surface area is 117 Å². The van der Waals surface area contributed by atoms with Gasteiger partial charge in [-0.3, -0.25) is 4.79 Å². The van der Waals surface area contributed by atoms with Crippen LogP contribution in [0.3, 0.4) is 0 Å². The van der Waals surface area contributed by atoms with Gasteiger partial charge in [0.2, 0.25) is 5.91 Å². The summed E-state index contributed by atoms with van der Waals surface area (Å²) in [5.74, 6) is 0.0811. The monoisotopic (exact) mass is 271 g/mol. The number of hydrogen-bond acceptors (Lipinski definition) is 4. The van der Waals surface area contributed by atoms with E-state index in [-0.39, 0.29) is 18.6 Å². The van der Waals surface area contributed by atoms with Crippen LogP contribution < -0.4 is 5.32 Å². The van der Waals surface area contributed by atoms with E-state index < -0.39 is 0 Å². The minimum Gasteiger partial charge on any atom is -0.368 e. The van der Waals surface area contributed by atoms with Crippen molar-refractivity contribution in [3.63, 3.8) is 0 Å². The summed E-state index contributed by atoms with van der Waals surface area (Å²) in [7, 11) is 7.87. The van der Waals surface area contributed by atoms with E-state index in [1.54, 1.807) is 4.90 Å². The highest BCUT2D eigenvalue weighted by molar-refractivity contribution is 5.77. The number of rotatable bonds is 7. The van der Waals surface area contributed by atoms with Crippen LogP contribution in [0.2, 0.25) is 0 Å². The second kappa shape index (κ2) is 8.51. The maximum atomic E-state index is 11.9. The number of carbonyl (C=O) groups excluding carboxylic acids is 1. The van der Waals surface area contributed by atoms with Gasteiger partial charge in [0.1, 0.15) is 6.61 Å². The molecule has 0 aromatic heterocycles. The van der Waals surface area contributed by atoms with Gasteiger partial charge in [0, 0.05) is 26.2 Å². The molecular formula is C14H29N3O2. The standard InChI is InChI=1S/C14H29N3O2/c1-15-12-5-7-13(8-6-12)19-11-14(18)17(4)10-9-16(2)3/h12-13,15H,5-11H2,1-4H3. The highest BCUT2D eigenvalue weighted by atomic mass is 16.5. The van der Waals surface area contributed by atoms with Crippen molar-refractivity contribution in [2.24, 2.45) is 0 Å². The number of hydrogen-bond donors (Lipinski definition) is 1. The van der Waals surface area contributed by atoms with Crippen molar-refractivity contribution in [1.82, 2.24) is 15.1 Å². The molecule has 0 aromatic rings. The normalized spacial score (nSPS) is 23.6. The molecule has 0 saturated heterocycles. The average Bonchev–Trinajstić information content (AvgIpc) is 2.42. The van der Waals surface area contributed by atoms with E-state index in [2.05, 4.69) is 10.2 Å². The van der Waals surface area contributed by atoms with Gasteiger partial charge in [-0.25, -0.2) is 0 Å². The summed E-state index contributed by atoms with van der Waals surface area (Å²) in [5, 5.41) is 3.30. The maximum absolute atomic E-state index is 11.9. The summed E-state index contributed by atoms with van der Waals surface area (Å²) < 4.78 is 5.73. The van der Waals surface area contributed by atoms with Crippen molar-refractivity contribution in [3.8, 4) is 0 Å². The molecule has 5 nitrogen and oxygen atoms in total. The smallest absolute Gasteiger partial charge is 0.248 e. The second-order valence-electron chi connectivity index (χ2n) is 5.69. The third-order valence-corrected chi connectivity index (χ3v) is 3.83. The number of carbonyl (C=O) groups is 1. The molecule has 0 aromatic carbocycles. The molecule has 0 bridgehead atoms. The quantitative estimate of drug-likeness (QED) is 0.735. The molecule has 19 heavy (non-hydrogen) atoms. The van der Waals surface area contributed by atoms with Gasteiger partial charge in [-0.05, 0) is 46.8 Å². The summed E-state index contributed by atoms with van der Waals surface area (Å²) >= 11 is 0. The van der Waals surface area contributed by atoms with Crippen molar-refractivity contribution in [3.05, 3.63) is 0 Å². The molecule has 1 aliphatic rings. The predicted molar refractivity (Wildman–Crippen MR) is 77.2 cm³/mol. The maximum Gasteiger partial charge on any atom is 0.248 e. The Hall–Kier alpha value is -0.650. The molecule has 5 heteroatoms. The summed E-state index contributed by atoms with van der Waals surface area (Å²) in [4.78, 5) is 15.7. The van der Waals surface area contributed by atoms with Crippen molar-refractivity contribution < 1.29 is 9.53 Å². The highest BCUT2D eigenvalue weighted by Crippen LogP contribution is 2.20. The van der Waals surface area contributed by atoms with E-state index in [1.165, 1.54) is 0 Å². The van der Waals surface area contributed by atoms with Crippen LogP contribution in [0.4, 0.5) is 0 Å². The summed E-state index contributed by atoms with van der Waals surface area (Å²) in [6.45, 7) is 1.86. The number of likely N-dealkylation sites (N-methyl/N-ethyl adjacent to an activating group) is 2. The fraction of sp³-hybridized carbons (Fsp3) is 0.929. The average molecular weight is 271 g/mol. The van der Waals surface area contributed by atoms with Crippen molar-refractivity contribution >= 4 is 5.91 Å². The van der Waals surface area contributed by atoms with Crippen LogP contribution in [0.15, 0.2) is 0 Å². The molecule has 0 heterocycles. The van der Waals surface area contributed by atoms with Crippen molar-refractivity contribution in [2.45, 2.75) is 37.8 Å². The van der Waals surface area contributed by atoms with E-state index in [4.69, 9.17) is 4.74 Å². The van der Waals surface area contributed by atoms with E-state index in [1.807, 2.05) is 28.2 Å². The van der Waals surface area contributed by atoms with Crippen LogP contribution in [0.5, 0.6) is 0 Å². The summed E-state index contributed by atoms with van der Waals surface area (Å²) in [6, 6.07) is 0.623. The lowest BCUT2D eigenvalue weighted by Gasteiger charge is -2.28. The van der Waals surface area contributed by atoms with Crippen LogP contribution in [0.25, 0.3) is 0 Å². The molecule has 1 amide bonds. The zero-order valence-corrected chi connectivity index (χ0v) is 12.8. The van der Waals surface area contributed by atoms with Gasteiger partial charge in [-0.15, -0.1) is 0 Å². The third kappa shape index (κ3) is 6.36. The van der Waals surface area contributed by atoms with Gasteiger partial charge in [0.25, 0.3) is 0 Å². The zero-order chi connectivity index (χ0) is 14.3. The molecule has 0 unspecified atom stereocenters. The molecule has 1 fully saturated rings. The number of amides is 1. The molecule has 0 atom stereocenters. The van der Waals surface area contributed by atoms with Gasteiger partial charge in [0.05, 0.1) is 6.10 Å². The topological polar surface area (TPSA) is 44.8 Å². The molecule has 112 valence electrons. The van der Waals surface area contributed by atoms with Crippen LogP contribution in [0.1, 0.15) is 25.7 Å². The Morgan fingerprint density at radius 3 is 2.32 bits per heavy atom. The number of nitrogens with one attached hydrogen (secondary N) is 1. The van der Waals surface area contributed by atoms with Crippen LogP contribution in [-0.4, -0.2) is 75.7 Å². The van der Waals surface area contributed by atoms with Crippen LogP contribution >= 0.6 is 0 Å². The van der Waals surface area contributed by atoms with E-state index >= 15 is 0 Å². The Bertz CT molecular complexity index is 263. The van der Waals surface area contributed by atoms with Crippen molar-refractivity contribution in [1.29, 1.82) is 0 Å². The van der Waals surface area contributed by atoms with Gasteiger partial charge in [0.15, 0.2) is 0 Å². The van der Waals surface area contributed by atoms with Crippen LogP contribution in [0, 0.1) is 0 Å². The predicted octanol–water partition coefficient (Wildman–Crippen LogP) is 0.554. The van der Waals surface area contributed by atoms with Gasteiger partial charge >= 0.3 is 0 Å². The third-order valence-electron chi connectivity index (χ3n) is 3.83. The zero-order valence-electron chi connectivity index (χ0n) is 12.8. The van der Waals surface area contributed by atoms with E-state index in [0.29, 0.717) is 6.04 Å². The lowest BCUT2D eigenvalue weighted by molar-refractivity contribution is -0.137. The molecule has 0 aliphatic heterocycles. The Balaban J connectivity index is 2.16. The first-order valence-electron chi connectivity index (χ1n) is 7.20. The van der Waals surface area contributed by atoms with E-state index in [9.17, 15) is 4.79 Å². The highest BCUT2D eigenvalue weighted by Gasteiger charge is 2.21. The van der Waals surface area contributed by atoms with Crippen molar-refractivity contribution in [2.75, 3.05) is 47.9 Å². The minimum absolute atomic E-state index is 0.0811. The van der Waals surface area contributed by atoms with Crippen LogP contribution in [-0.2, 0) is 9.53 Å². The Morgan fingerprint density at radius 2 is 1.79 bits per heavy atom. The molecular weight excluding hydrogens is 242 g/mol. The number of ether oxygens (including phenoxy) is 1. The Morgan fingerprint density at radius 1 is 1.16 bits per heavy atom. The number of nitrogens with zero attached hydrogens (tertiary/aromatic N) is 2. The SMILES string of the molecule is CNC1CCC(OCC(=O)N(C)CCN(C)C)CC1. The lowest BCUT2D eigenvalue weighted by atomic mass is 9.93. The molecule has 0 spiro atoms. The van der Waals surface area contributed by atoms with Gasteiger partial charge < -0.3 is 19.9 Å². The van der Waals surface area contributed by atoms with Gasteiger partial charge in [-0.1, -0.05) is 0 Å². The summed E-state index contributed by atoms with van der Waals surface area (Å²) in [5.41, 5.74) is 0. The second-order valence-corrected chi connectivity index (χ2v) is 5.69. The first-order valence-corrected chi connectivity index (χ1v) is 7.20. The van der Waals surface area contributed by atoms with E-state index in [0.717, 1.165) is 38.8 Å². The first kappa shape index (κ1) is 16.4. The fourth-order valence-corrected chi connectivity index (χ4v) is 2.29. The first-order chi connectivity index (χ1) is 9.02. The minimum atomic E-state index is 0.0811. The molecule has 1 saturated carbocycles.